The van der Waals surface area contributed by atoms with Gasteiger partial charge in [-0.15, -0.1) is 0 Å². The second-order valence-electron chi connectivity index (χ2n) is 9.23. The summed E-state index contributed by atoms with van der Waals surface area (Å²) in [6.07, 6.45) is 1.64. The SMILES string of the molecule is CCCCNC(=O)C(C)N(Cc1ccccc1F)C(=O)CN(c1ccc(C)cc1)S(=O)(=O)c1ccc(Cl)cc1. The molecule has 208 valence electrons. The van der Waals surface area contributed by atoms with Crippen LogP contribution < -0.4 is 9.62 Å². The number of unbranched alkanes of at least 4 members (excludes halogenated alkanes) is 1. The number of hydrogen-bond donors (Lipinski definition) is 1. The van der Waals surface area contributed by atoms with Crippen molar-refractivity contribution in [3.63, 3.8) is 0 Å². The molecule has 0 saturated carbocycles. The number of nitrogens with zero attached hydrogens (tertiary/aromatic N) is 2. The average Bonchev–Trinajstić information content (AvgIpc) is 2.91. The molecule has 0 aromatic heterocycles. The number of amides is 2. The van der Waals surface area contributed by atoms with Crippen molar-refractivity contribution in [3.05, 3.63) is 94.8 Å². The Balaban J connectivity index is 2.00. The molecule has 0 saturated heterocycles. The van der Waals surface area contributed by atoms with Crippen LogP contribution in [0.3, 0.4) is 0 Å². The number of anilines is 1. The molecular formula is C29H33ClFN3O4S. The van der Waals surface area contributed by atoms with Gasteiger partial charge in [0, 0.05) is 23.7 Å². The number of rotatable bonds is 12. The lowest BCUT2D eigenvalue weighted by molar-refractivity contribution is -0.139. The van der Waals surface area contributed by atoms with E-state index in [1.54, 1.807) is 37.3 Å². The summed E-state index contributed by atoms with van der Waals surface area (Å²) in [4.78, 5) is 27.9. The lowest BCUT2D eigenvalue weighted by Crippen LogP contribution is -2.51. The van der Waals surface area contributed by atoms with Crippen LogP contribution in [0.25, 0.3) is 0 Å². The number of halogens is 2. The van der Waals surface area contributed by atoms with Crippen LogP contribution in [0.1, 0.15) is 37.8 Å². The number of hydrogen-bond acceptors (Lipinski definition) is 4. The van der Waals surface area contributed by atoms with E-state index in [0.29, 0.717) is 11.6 Å². The molecule has 39 heavy (non-hydrogen) atoms. The van der Waals surface area contributed by atoms with Gasteiger partial charge in [-0.1, -0.05) is 60.8 Å². The maximum atomic E-state index is 14.6. The van der Waals surface area contributed by atoms with Crippen LogP contribution in [-0.2, 0) is 26.2 Å². The van der Waals surface area contributed by atoms with E-state index in [1.165, 1.54) is 47.4 Å². The fourth-order valence-electron chi connectivity index (χ4n) is 3.90. The van der Waals surface area contributed by atoms with Gasteiger partial charge in [-0.25, -0.2) is 12.8 Å². The maximum absolute atomic E-state index is 14.6. The number of benzene rings is 3. The van der Waals surface area contributed by atoms with E-state index in [1.807, 2.05) is 13.8 Å². The molecule has 0 spiro atoms. The van der Waals surface area contributed by atoms with E-state index in [9.17, 15) is 22.4 Å². The Morgan fingerprint density at radius 3 is 2.26 bits per heavy atom. The third-order valence-corrected chi connectivity index (χ3v) is 8.34. The van der Waals surface area contributed by atoms with Gasteiger partial charge in [0.05, 0.1) is 10.6 Å². The fourth-order valence-corrected chi connectivity index (χ4v) is 5.44. The Bertz CT molecular complexity index is 1380. The third kappa shape index (κ3) is 7.80. The predicted molar refractivity (Wildman–Crippen MR) is 151 cm³/mol. The molecule has 0 bridgehead atoms. The molecule has 10 heteroatoms. The summed E-state index contributed by atoms with van der Waals surface area (Å²) in [6, 6.07) is 17.3. The highest BCUT2D eigenvalue weighted by Gasteiger charge is 2.32. The van der Waals surface area contributed by atoms with Gasteiger partial charge in [0.25, 0.3) is 10.0 Å². The van der Waals surface area contributed by atoms with Crippen molar-refractivity contribution in [2.45, 2.75) is 51.1 Å². The van der Waals surface area contributed by atoms with Crippen molar-refractivity contribution in [1.82, 2.24) is 10.2 Å². The minimum Gasteiger partial charge on any atom is -0.354 e. The lowest BCUT2D eigenvalue weighted by atomic mass is 10.1. The predicted octanol–water partition coefficient (Wildman–Crippen LogP) is 5.32. The zero-order valence-corrected chi connectivity index (χ0v) is 23.8. The number of sulfonamides is 1. The van der Waals surface area contributed by atoms with Gasteiger partial charge in [-0.2, -0.15) is 0 Å². The molecule has 2 amide bonds. The van der Waals surface area contributed by atoms with E-state index in [-0.39, 0.29) is 22.7 Å². The van der Waals surface area contributed by atoms with E-state index in [4.69, 9.17) is 11.6 Å². The first kappa shape index (κ1) is 30.1. The normalized spacial score (nSPS) is 12.0. The van der Waals surface area contributed by atoms with E-state index in [2.05, 4.69) is 5.32 Å². The Hall–Kier alpha value is -3.43. The Morgan fingerprint density at radius 2 is 1.64 bits per heavy atom. The topological polar surface area (TPSA) is 86.8 Å². The quantitative estimate of drug-likeness (QED) is 0.297. The van der Waals surface area contributed by atoms with Gasteiger partial charge in [-0.05, 0) is 62.7 Å². The fraction of sp³-hybridized carbons (Fsp3) is 0.310. The molecule has 0 fully saturated rings. The van der Waals surface area contributed by atoms with Gasteiger partial charge < -0.3 is 10.2 Å². The summed E-state index contributed by atoms with van der Waals surface area (Å²) >= 11 is 5.96. The third-order valence-electron chi connectivity index (χ3n) is 6.30. The van der Waals surface area contributed by atoms with Gasteiger partial charge in [0.2, 0.25) is 11.8 Å². The molecule has 3 aromatic rings. The van der Waals surface area contributed by atoms with Gasteiger partial charge >= 0.3 is 0 Å². The standard InChI is InChI=1S/C29H33ClFN3O4S/c1-4-5-18-32-29(36)22(3)33(19-23-8-6-7-9-27(23)31)28(35)20-34(25-14-10-21(2)11-15-25)39(37,38)26-16-12-24(30)13-17-26/h6-17,22H,4-5,18-20H2,1-3H3,(H,32,36). The number of nitrogens with one attached hydrogen (secondary N) is 1. The summed E-state index contributed by atoms with van der Waals surface area (Å²) in [5.41, 5.74) is 1.39. The summed E-state index contributed by atoms with van der Waals surface area (Å²) < 4.78 is 43.1. The Kier molecular flexibility index (Phi) is 10.5. The van der Waals surface area contributed by atoms with E-state index >= 15 is 0 Å². The Morgan fingerprint density at radius 1 is 1.00 bits per heavy atom. The summed E-state index contributed by atoms with van der Waals surface area (Å²) in [7, 11) is -4.20. The Labute approximate surface area is 234 Å². The average molecular weight is 574 g/mol. The molecular weight excluding hydrogens is 541 g/mol. The molecule has 0 radical (unpaired) electrons. The first-order chi connectivity index (χ1) is 18.5. The minimum absolute atomic E-state index is 0.0497. The number of carbonyl (C=O) groups excluding carboxylic acids is 2. The first-order valence-electron chi connectivity index (χ1n) is 12.7. The van der Waals surface area contributed by atoms with Crippen molar-refractivity contribution in [3.8, 4) is 0 Å². The van der Waals surface area contributed by atoms with Crippen molar-refractivity contribution in [2.75, 3.05) is 17.4 Å². The first-order valence-corrected chi connectivity index (χ1v) is 14.5. The highest BCUT2D eigenvalue weighted by molar-refractivity contribution is 7.92. The molecule has 1 N–H and O–H groups in total. The van der Waals surface area contributed by atoms with Crippen LogP contribution in [-0.4, -0.2) is 44.3 Å². The zero-order valence-electron chi connectivity index (χ0n) is 22.2. The monoisotopic (exact) mass is 573 g/mol. The zero-order chi connectivity index (χ0) is 28.6. The second kappa shape index (κ2) is 13.6. The van der Waals surface area contributed by atoms with Crippen molar-refractivity contribution in [1.29, 1.82) is 0 Å². The molecule has 7 nitrogen and oxygen atoms in total. The van der Waals surface area contributed by atoms with Crippen LogP contribution in [0, 0.1) is 12.7 Å². The van der Waals surface area contributed by atoms with Crippen LogP contribution >= 0.6 is 11.6 Å². The van der Waals surface area contributed by atoms with E-state index < -0.39 is 40.2 Å². The molecule has 1 atom stereocenters. The molecule has 0 heterocycles. The van der Waals surface area contributed by atoms with Crippen molar-refractivity contribution >= 4 is 39.1 Å². The molecule has 1 unspecified atom stereocenters. The highest BCUT2D eigenvalue weighted by atomic mass is 35.5. The van der Waals surface area contributed by atoms with Gasteiger partial charge in [0.1, 0.15) is 18.4 Å². The van der Waals surface area contributed by atoms with Crippen molar-refractivity contribution in [2.24, 2.45) is 0 Å². The summed E-state index contributed by atoms with van der Waals surface area (Å²) in [5.74, 6) is -1.59. The van der Waals surface area contributed by atoms with E-state index in [0.717, 1.165) is 22.7 Å². The summed E-state index contributed by atoms with van der Waals surface area (Å²) in [5, 5.41) is 3.17. The largest absolute Gasteiger partial charge is 0.354 e. The molecule has 0 aliphatic heterocycles. The van der Waals surface area contributed by atoms with Crippen LogP contribution in [0.15, 0.2) is 77.7 Å². The lowest BCUT2D eigenvalue weighted by Gasteiger charge is -2.32. The van der Waals surface area contributed by atoms with Crippen LogP contribution in [0.5, 0.6) is 0 Å². The van der Waals surface area contributed by atoms with Gasteiger partial charge in [0.15, 0.2) is 0 Å². The molecule has 3 rings (SSSR count). The molecule has 0 aliphatic rings. The highest BCUT2D eigenvalue weighted by Crippen LogP contribution is 2.26. The summed E-state index contributed by atoms with van der Waals surface area (Å²) in [6.45, 7) is 5.02. The molecule has 3 aromatic carbocycles. The van der Waals surface area contributed by atoms with Gasteiger partial charge in [-0.3, -0.25) is 13.9 Å². The van der Waals surface area contributed by atoms with Crippen LogP contribution in [0.4, 0.5) is 10.1 Å². The minimum atomic E-state index is -4.20. The number of aryl methyl sites for hydroxylation is 1. The van der Waals surface area contributed by atoms with Crippen LogP contribution in [0.2, 0.25) is 5.02 Å². The second-order valence-corrected chi connectivity index (χ2v) is 11.5. The van der Waals surface area contributed by atoms with Crippen molar-refractivity contribution < 1.29 is 22.4 Å². The smallest absolute Gasteiger partial charge is 0.264 e. The maximum Gasteiger partial charge on any atom is 0.264 e. The number of carbonyl (C=O) groups is 2. The molecule has 0 aliphatic carbocycles.